The van der Waals surface area contributed by atoms with E-state index in [-0.39, 0.29) is 12.5 Å². The molecule has 2 aromatic carbocycles. The number of esters is 1. The molecule has 0 aliphatic carbocycles. The molecular weight excluding hydrogens is 358 g/mol. The molecule has 3 rings (SSSR count). The Morgan fingerprint density at radius 2 is 1.57 bits per heavy atom. The van der Waals surface area contributed by atoms with Gasteiger partial charge >= 0.3 is 5.97 Å². The zero-order valence-electron chi connectivity index (χ0n) is 15.5. The van der Waals surface area contributed by atoms with Crippen molar-refractivity contribution in [3.63, 3.8) is 0 Å². The number of carbonyl (C=O) groups is 2. The smallest absolute Gasteiger partial charge is 0.328 e. The highest BCUT2D eigenvalue weighted by Crippen LogP contribution is 2.13. The first kappa shape index (κ1) is 19.2. The van der Waals surface area contributed by atoms with Gasteiger partial charge in [-0.25, -0.2) is 4.68 Å². The molecule has 0 saturated heterocycles. The SMILES string of the molecule is CC(OC(=O)Cn1cnnn1)C(=O)N(Cc1ccccc1)Cc1ccccc1. The van der Waals surface area contributed by atoms with E-state index in [1.807, 2.05) is 60.7 Å². The molecule has 0 fully saturated rings. The Morgan fingerprint density at radius 1 is 1.00 bits per heavy atom. The van der Waals surface area contributed by atoms with Gasteiger partial charge < -0.3 is 9.64 Å². The average molecular weight is 379 g/mol. The zero-order valence-corrected chi connectivity index (χ0v) is 15.5. The van der Waals surface area contributed by atoms with Crippen LogP contribution in [0.15, 0.2) is 67.0 Å². The minimum absolute atomic E-state index is 0.151. The highest BCUT2D eigenvalue weighted by molar-refractivity contribution is 5.83. The van der Waals surface area contributed by atoms with Gasteiger partial charge in [0.1, 0.15) is 12.9 Å². The molecule has 144 valence electrons. The number of amides is 1. The molecule has 1 unspecified atom stereocenters. The molecule has 0 N–H and O–H groups in total. The van der Waals surface area contributed by atoms with E-state index >= 15 is 0 Å². The maximum atomic E-state index is 13.0. The Labute approximate surface area is 162 Å². The van der Waals surface area contributed by atoms with Crippen LogP contribution >= 0.6 is 0 Å². The van der Waals surface area contributed by atoms with Crippen LogP contribution in [-0.4, -0.2) is 43.1 Å². The van der Waals surface area contributed by atoms with Gasteiger partial charge in [0.05, 0.1) is 0 Å². The van der Waals surface area contributed by atoms with Crippen LogP contribution in [0.25, 0.3) is 0 Å². The predicted octanol–water partition coefficient (Wildman–Crippen LogP) is 1.83. The van der Waals surface area contributed by atoms with E-state index in [1.54, 1.807) is 11.8 Å². The van der Waals surface area contributed by atoms with Crippen LogP contribution in [0.3, 0.4) is 0 Å². The molecule has 1 atom stereocenters. The minimum atomic E-state index is -0.920. The van der Waals surface area contributed by atoms with E-state index in [9.17, 15) is 9.59 Å². The van der Waals surface area contributed by atoms with Crippen molar-refractivity contribution in [2.75, 3.05) is 0 Å². The molecule has 0 saturated carbocycles. The van der Waals surface area contributed by atoms with E-state index in [0.717, 1.165) is 11.1 Å². The zero-order chi connectivity index (χ0) is 19.8. The average Bonchev–Trinajstić information content (AvgIpc) is 3.21. The maximum Gasteiger partial charge on any atom is 0.328 e. The van der Waals surface area contributed by atoms with Crippen LogP contribution < -0.4 is 0 Å². The molecule has 1 aromatic heterocycles. The molecule has 3 aromatic rings. The lowest BCUT2D eigenvalue weighted by Crippen LogP contribution is -2.39. The van der Waals surface area contributed by atoms with Crippen molar-refractivity contribution in [2.45, 2.75) is 32.7 Å². The van der Waals surface area contributed by atoms with Crippen molar-refractivity contribution in [1.29, 1.82) is 0 Å². The molecule has 8 nitrogen and oxygen atoms in total. The summed E-state index contributed by atoms with van der Waals surface area (Å²) in [5, 5.41) is 10.5. The Kier molecular flexibility index (Phi) is 6.46. The minimum Gasteiger partial charge on any atom is -0.451 e. The molecule has 0 aliphatic heterocycles. The maximum absolute atomic E-state index is 13.0. The summed E-state index contributed by atoms with van der Waals surface area (Å²) in [6.45, 7) is 2.26. The largest absolute Gasteiger partial charge is 0.451 e. The highest BCUT2D eigenvalue weighted by Gasteiger charge is 2.24. The van der Waals surface area contributed by atoms with E-state index in [4.69, 9.17) is 4.74 Å². The summed E-state index contributed by atoms with van der Waals surface area (Å²) in [5.74, 6) is -0.842. The summed E-state index contributed by atoms with van der Waals surface area (Å²) < 4.78 is 6.54. The second-order valence-electron chi connectivity index (χ2n) is 6.30. The molecule has 1 amide bonds. The Bertz CT molecular complexity index is 843. The number of hydrogen-bond donors (Lipinski definition) is 0. The van der Waals surface area contributed by atoms with Crippen molar-refractivity contribution in [3.8, 4) is 0 Å². The lowest BCUT2D eigenvalue weighted by atomic mass is 10.1. The van der Waals surface area contributed by atoms with Gasteiger partial charge in [-0.15, -0.1) is 5.10 Å². The Balaban J connectivity index is 1.68. The molecule has 1 heterocycles. The van der Waals surface area contributed by atoms with Crippen LogP contribution in [0.5, 0.6) is 0 Å². The van der Waals surface area contributed by atoms with Gasteiger partial charge in [-0.05, 0) is 28.5 Å². The summed E-state index contributed by atoms with van der Waals surface area (Å²) in [6, 6.07) is 19.4. The predicted molar refractivity (Wildman–Crippen MR) is 101 cm³/mol. The summed E-state index contributed by atoms with van der Waals surface area (Å²) in [4.78, 5) is 26.7. The first-order valence-corrected chi connectivity index (χ1v) is 8.88. The van der Waals surface area contributed by atoms with Gasteiger partial charge in [-0.3, -0.25) is 9.59 Å². The highest BCUT2D eigenvalue weighted by atomic mass is 16.5. The first-order valence-electron chi connectivity index (χ1n) is 8.88. The van der Waals surface area contributed by atoms with Crippen molar-refractivity contribution in [2.24, 2.45) is 0 Å². The lowest BCUT2D eigenvalue weighted by Gasteiger charge is -2.26. The monoisotopic (exact) mass is 379 g/mol. The summed E-state index contributed by atoms with van der Waals surface area (Å²) in [7, 11) is 0. The number of carbonyl (C=O) groups excluding carboxylic acids is 2. The molecule has 8 heteroatoms. The van der Waals surface area contributed by atoms with Gasteiger partial charge in [-0.1, -0.05) is 60.7 Å². The van der Waals surface area contributed by atoms with E-state index in [0.29, 0.717) is 13.1 Å². The van der Waals surface area contributed by atoms with E-state index in [2.05, 4.69) is 15.5 Å². The fourth-order valence-electron chi connectivity index (χ4n) is 2.75. The molecule has 0 bridgehead atoms. The fraction of sp³-hybridized carbons (Fsp3) is 0.250. The van der Waals surface area contributed by atoms with Crippen LogP contribution in [-0.2, 0) is 34.0 Å². The van der Waals surface area contributed by atoms with Crippen LogP contribution in [0.4, 0.5) is 0 Å². The number of nitrogens with zero attached hydrogens (tertiary/aromatic N) is 5. The summed E-state index contributed by atoms with van der Waals surface area (Å²) in [6.07, 6.45) is 0.390. The van der Waals surface area contributed by atoms with Gasteiger partial charge in [0.2, 0.25) is 0 Å². The summed E-state index contributed by atoms with van der Waals surface area (Å²) >= 11 is 0. The van der Waals surface area contributed by atoms with Crippen molar-refractivity contribution in [1.82, 2.24) is 25.1 Å². The number of tetrazole rings is 1. The van der Waals surface area contributed by atoms with E-state index in [1.165, 1.54) is 11.0 Å². The molecule has 28 heavy (non-hydrogen) atoms. The quantitative estimate of drug-likeness (QED) is 0.555. The number of rotatable bonds is 8. The lowest BCUT2D eigenvalue weighted by molar-refractivity contribution is -0.160. The third-order valence-corrected chi connectivity index (χ3v) is 4.08. The van der Waals surface area contributed by atoms with E-state index < -0.39 is 12.1 Å². The molecule has 0 radical (unpaired) electrons. The standard InChI is InChI=1S/C20H21N5O3/c1-16(28-19(26)14-25-15-21-22-23-25)20(27)24(12-17-8-4-2-5-9-17)13-18-10-6-3-7-11-18/h2-11,15-16H,12-14H2,1H3. The van der Waals surface area contributed by atoms with Crippen LogP contribution in [0.1, 0.15) is 18.1 Å². The first-order chi connectivity index (χ1) is 13.6. The summed E-state index contributed by atoms with van der Waals surface area (Å²) in [5.41, 5.74) is 2.00. The Morgan fingerprint density at radius 3 is 2.07 bits per heavy atom. The van der Waals surface area contributed by atoms with Gasteiger partial charge in [-0.2, -0.15) is 0 Å². The third-order valence-electron chi connectivity index (χ3n) is 4.08. The number of hydrogen-bond acceptors (Lipinski definition) is 6. The molecule has 0 spiro atoms. The Hall–Kier alpha value is -3.55. The normalized spacial score (nSPS) is 11.6. The number of ether oxygens (including phenoxy) is 1. The van der Waals surface area contributed by atoms with Crippen molar-refractivity contribution < 1.29 is 14.3 Å². The second-order valence-corrected chi connectivity index (χ2v) is 6.30. The van der Waals surface area contributed by atoms with Crippen LogP contribution in [0, 0.1) is 0 Å². The third kappa shape index (κ3) is 5.47. The van der Waals surface area contributed by atoms with Gasteiger partial charge in [0, 0.05) is 13.1 Å². The number of benzene rings is 2. The van der Waals surface area contributed by atoms with Gasteiger partial charge in [0.25, 0.3) is 5.91 Å². The van der Waals surface area contributed by atoms with Crippen LogP contribution in [0.2, 0.25) is 0 Å². The number of aromatic nitrogens is 4. The van der Waals surface area contributed by atoms with Crippen molar-refractivity contribution in [3.05, 3.63) is 78.1 Å². The topological polar surface area (TPSA) is 90.2 Å². The van der Waals surface area contributed by atoms with Gasteiger partial charge in [0.15, 0.2) is 6.10 Å². The fourth-order valence-corrected chi connectivity index (χ4v) is 2.75. The molecule has 0 aliphatic rings. The second kappa shape index (κ2) is 9.40. The van der Waals surface area contributed by atoms with Crippen molar-refractivity contribution >= 4 is 11.9 Å². The molecular formula is C20H21N5O3.